The summed E-state index contributed by atoms with van der Waals surface area (Å²) in [6.07, 6.45) is 0. The zero-order chi connectivity index (χ0) is 10.2. The summed E-state index contributed by atoms with van der Waals surface area (Å²) >= 11 is 1.55. The monoisotopic (exact) mass is 210 g/mol. The Balaban J connectivity index is 2.24. The fourth-order valence-corrected chi connectivity index (χ4v) is 1.70. The second-order valence-corrected chi connectivity index (χ2v) is 3.83. The van der Waals surface area contributed by atoms with Gasteiger partial charge in [-0.05, 0) is 19.1 Å². The van der Waals surface area contributed by atoms with Crippen LogP contribution in [0.25, 0.3) is 0 Å². The van der Waals surface area contributed by atoms with E-state index in [1.54, 1.807) is 11.8 Å². The van der Waals surface area contributed by atoms with Crippen LogP contribution in [0, 0.1) is 0 Å². The first-order valence-corrected chi connectivity index (χ1v) is 5.58. The van der Waals surface area contributed by atoms with Crippen LogP contribution in [-0.2, 0) is 9.53 Å². The molecule has 1 aromatic rings. The maximum Gasteiger partial charge on any atom is 0.168 e. The average molecular weight is 210 g/mol. The molecule has 0 aliphatic carbocycles. The molecule has 76 valence electrons. The van der Waals surface area contributed by atoms with Crippen LogP contribution in [-0.4, -0.2) is 24.7 Å². The minimum absolute atomic E-state index is 0.140. The molecule has 0 atom stereocenters. The Morgan fingerprint density at radius 1 is 1.36 bits per heavy atom. The van der Waals surface area contributed by atoms with Crippen molar-refractivity contribution in [3.63, 3.8) is 0 Å². The Morgan fingerprint density at radius 2 is 2.07 bits per heavy atom. The van der Waals surface area contributed by atoms with Gasteiger partial charge in [0, 0.05) is 11.5 Å². The maximum atomic E-state index is 11.2. The van der Waals surface area contributed by atoms with Gasteiger partial charge in [-0.3, -0.25) is 4.79 Å². The Hall–Kier alpha value is -0.800. The number of thioether (sulfide) groups is 1. The lowest BCUT2D eigenvalue weighted by Gasteiger charge is -2.01. The van der Waals surface area contributed by atoms with Gasteiger partial charge in [0.1, 0.15) is 6.61 Å². The molecular weight excluding hydrogens is 196 g/mol. The first kappa shape index (κ1) is 11.3. The molecule has 2 nitrogen and oxygen atoms in total. The molecule has 3 heteroatoms. The molecule has 0 aliphatic heterocycles. The van der Waals surface area contributed by atoms with Crippen molar-refractivity contribution < 1.29 is 9.53 Å². The Labute approximate surface area is 88.7 Å². The highest BCUT2D eigenvalue weighted by atomic mass is 32.2. The predicted octanol–water partition coefficient (Wildman–Crippen LogP) is 2.38. The van der Waals surface area contributed by atoms with Gasteiger partial charge in [0.15, 0.2) is 5.78 Å². The van der Waals surface area contributed by atoms with Crippen molar-refractivity contribution in [3.05, 3.63) is 30.3 Å². The topological polar surface area (TPSA) is 26.3 Å². The van der Waals surface area contributed by atoms with E-state index in [1.807, 2.05) is 37.3 Å². The third-order valence-electron chi connectivity index (χ3n) is 1.61. The highest BCUT2D eigenvalue weighted by Crippen LogP contribution is 2.16. The van der Waals surface area contributed by atoms with Crippen LogP contribution >= 0.6 is 11.8 Å². The van der Waals surface area contributed by atoms with Gasteiger partial charge in [-0.2, -0.15) is 0 Å². The summed E-state index contributed by atoms with van der Waals surface area (Å²) in [4.78, 5) is 12.4. The number of carbonyl (C=O) groups is 1. The fourth-order valence-electron chi connectivity index (χ4n) is 0.938. The number of carbonyl (C=O) groups excluding carboxylic acids is 1. The van der Waals surface area contributed by atoms with E-state index in [0.29, 0.717) is 12.4 Å². The number of benzene rings is 1. The molecule has 0 radical (unpaired) electrons. The average Bonchev–Trinajstić information content (AvgIpc) is 2.25. The predicted molar refractivity (Wildman–Crippen MR) is 58.7 cm³/mol. The van der Waals surface area contributed by atoms with E-state index in [9.17, 15) is 4.79 Å². The van der Waals surface area contributed by atoms with Gasteiger partial charge < -0.3 is 4.74 Å². The first-order valence-electron chi connectivity index (χ1n) is 4.60. The van der Waals surface area contributed by atoms with Gasteiger partial charge in [0.05, 0.1) is 5.75 Å². The molecule has 1 aromatic carbocycles. The third-order valence-corrected chi connectivity index (χ3v) is 2.68. The van der Waals surface area contributed by atoms with Gasteiger partial charge in [0.2, 0.25) is 0 Å². The van der Waals surface area contributed by atoms with E-state index < -0.39 is 0 Å². The van der Waals surface area contributed by atoms with Crippen molar-refractivity contribution in [1.82, 2.24) is 0 Å². The van der Waals surface area contributed by atoms with Crippen molar-refractivity contribution in [3.8, 4) is 0 Å². The van der Waals surface area contributed by atoms with Crippen LogP contribution in [0.3, 0.4) is 0 Å². The Morgan fingerprint density at radius 3 is 2.71 bits per heavy atom. The second-order valence-electron chi connectivity index (χ2n) is 2.78. The molecule has 14 heavy (non-hydrogen) atoms. The van der Waals surface area contributed by atoms with Crippen LogP contribution in [0.5, 0.6) is 0 Å². The number of ketones is 1. The van der Waals surface area contributed by atoms with Crippen molar-refractivity contribution in [1.29, 1.82) is 0 Å². The largest absolute Gasteiger partial charge is 0.374 e. The molecule has 0 aliphatic rings. The number of hydrogen-bond acceptors (Lipinski definition) is 3. The Kier molecular flexibility index (Phi) is 5.33. The molecule has 0 N–H and O–H groups in total. The number of rotatable bonds is 6. The second kappa shape index (κ2) is 6.62. The van der Waals surface area contributed by atoms with Gasteiger partial charge in [-0.25, -0.2) is 0 Å². The molecule has 0 saturated carbocycles. The molecule has 0 bridgehead atoms. The van der Waals surface area contributed by atoms with Gasteiger partial charge in [-0.15, -0.1) is 11.8 Å². The number of hydrogen-bond donors (Lipinski definition) is 0. The minimum atomic E-state index is 0.140. The van der Waals surface area contributed by atoms with E-state index in [2.05, 4.69) is 0 Å². The minimum Gasteiger partial charge on any atom is -0.374 e. The summed E-state index contributed by atoms with van der Waals surface area (Å²) in [5.74, 6) is 0.630. The van der Waals surface area contributed by atoms with Crippen molar-refractivity contribution in [2.45, 2.75) is 11.8 Å². The van der Waals surface area contributed by atoms with Gasteiger partial charge in [0.25, 0.3) is 0 Å². The Bertz CT molecular complexity index is 272. The maximum absolute atomic E-state index is 11.2. The number of ether oxygens (including phenoxy) is 1. The van der Waals surface area contributed by atoms with E-state index in [-0.39, 0.29) is 12.4 Å². The van der Waals surface area contributed by atoms with Crippen molar-refractivity contribution in [2.75, 3.05) is 19.0 Å². The number of Topliss-reactive ketones (excluding diaryl/α,β-unsaturated/α-hetero) is 1. The summed E-state index contributed by atoms with van der Waals surface area (Å²) in [5, 5.41) is 0. The standard InChI is InChI=1S/C11H14O2S/c1-2-13-8-10(12)9-14-11-6-4-3-5-7-11/h3-7H,2,8-9H2,1H3. The molecule has 0 spiro atoms. The van der Waals surface area contributed by atoms with Crippen molar-refractivity contribution >= 4 is 17.5 Å². The molecular formula is C11H14O2S. The quantitative estimate of drug-likeness (QED) is 0.674. The van der Waals surface area contributed by atoms with Gasteiger partial charge >= 0.3 is 0 Å². The van der Waals surface area contributed by atoms with E-state index in [1.165, 1.54) is 0 Å². The fraction of sp³-hybridized carbons (Fsp3) is 0.364. The molecule has 0 saturated heterocycles. The van der Waals surface area contributed by atoms with E-state index in [4.69, 9.17) is 4.74 Å². The van der Waals surface area contributed by atoms with Gasteiger partial charge in [-0.1, -0.05) is 18.2 Å². The summed E-state index contributed by atoms with van der Waals surface area (Å²) in [7, 11) is 0. The zero-order valence-corrected chi connectivity index (χ0v) is 9.05. The summed E-state index contributed by atoms with van der Waals surface area (Å²) in [6, 6.07) is 9.90. The lowest BCUT2D eigenvalue weighted by Crippen LogP contribution is -2.10. The SMILES string of the molecule is CCOCC(=O)CSc1ccccc1. The normalized spacial score (nSPS) is 10.1. The third kappa shape index (κ3) is 4.44. The smallest absolute Gasteiger partial charge is 0.168 e. The highest BCUT2D eigenvalue weighted by molar-refractivity contribution is 8.00. The van der Waals surface area contributed by atoms with E-state index >= 15 is 0 Å². The molecule has 0 heterocycles. The van der Waals surface area contributed by atoms with E-state index in [0.717, 1.165) is 4.90 Å². The van der Waals surface area contributed by atoms with Crippen LogP contribution in [0.15, 0.2) is 35.2 Å². The molecule has 1 rings (SSSR count). The molecule has 0 aromatic heterocycles. The lowest BCUT2D eigenvalue weighted by molar-refractivity contribution is -0.120. The first-order chi connectivity index (χ1) is 6.83. The molecule has 0 amide bonds. The van der Waals surface area contributed by atoms with Crippen LogP contribution in [0.1, 0.15) is 6.92 Å². The summed E-state index contributed by atoms with van der Waals surface area (Å²) < 4.78 is 5.02. The molecule has 0 unspecified atom stereocenters. The zero-order valence-electron chi connectivity index (χ0n) is 8.23. The lowest BCUT2D eigenvalue weighted by atomic mass is 10.4. The van der Waals surface area contributed by atoms with Crippen LogP contribution in [0.2, 0.25) is 0 Å². The van der Waals surface area contributed by atoms with Crippen LogP contribution < -0.4 is 0 Å². The van der Waals surface area contributed by atoms with Crippen LogP contribution in [0.4, 0.5) is 0 Å². The summed E-state index contributed by atoms with van der Waals surface area (Å²) in [5.41, 5.74) is 0. The molecule has 0 fully saturated rings. The summed E-state index contributed by atoms with van der Waals surface area (Å²) in [6.45, 7) is 2.72. The highest BCUT2D eigenvalue weighted by Gasteiger charge is 2.02. The van der Waals surface area contributed by atoms with Crippen molar-refractivity contribution in [2.24, 2.45) is 0 Å².